The Morgan fingerprint density at radius 1 is 1.37 bits per heavy atom. The fraction of sp³-hybridized carbons (Fsp3) is 0.800. The van der Waals surface area contributed by atoms with Gasteiger partial charge >= 0.3 is 0 Å². The Morgan fingerprint density at radius 3 is 2.63 bits per heavy atom. The number of hydrogen-bond acceptors (Lipinski definition) is 3. The lowest BCUT2D eigenvalue weighted by Crippen LogP contribution is -2.49. The SMILES string of the molecule is CCCn1ccnc1C(O)C(C)(CC)N1CCCC1. The van der Waals surface area contributed by atoms with Gasteiger partial charge < -0.3 is 9.67 Å². The topological polar surface area (TPSA) is 41.3 Å². The average molecular weight is 265 g/mol. The van der Waals surface area contributed by atoms with Crippen LogP contribution in [0.3, 0.4) is 0 Å². The summed E-state index contributed by atoms with van der Waals surface area (Å²) in [6.45, 7) is 9.59. The van der Waals surface area contributed by atoms with Crippen molar-refractivity contribution in [2.24, 2.45) is 0 Å². The molecule has 1 saturated heterocycles. The minimum atomic E-state index is -0.517. The van der Waals surface area contributed by atoms with E-state index < -0.39 is 6.10 Å². The maximum Gasteiger partial charge on any atom is 0.139 e. The van der Waals surface area contributed by atoms with Crippen LogP contribution in [0.25, 0.3) is 0 Å². The second kappa shape index (κ2) is 6.06. The molecule has 1 aromatic rings. The standard InChI is InChI=1S/C15H27N3O/c1-4-9-17-12-8-16-14(17)13(19)15(3,5-2)18-10-6-7-11-18/h8,12-13,19H,4-7,9-11H2,1-3H3. The normalized spacial score (nSPS) is 21.5. The van der Waals surface area contributed by atoms with Crippen molar-refractivity contribution >= 4 is 0 Å². The molecule has 0 aromatic carbocycles. The molecule has 108 valence electrons. The van der Waals surface area contributed by atoms with E-state index in [4.69, 9.17) is 0 Å². The fourth-order valence-electron chi connectivity index (χ4n) is 3.09. The lowest BCUT2D eigenvalue weighted by Gasteiger charge is -2.41. The zero-order valence-electron chi connectivity index (χ0n) is 12.5. The van der Waals surface area contributed by atoms with E-state index in [9.17, 15) is 5.11 Å². The number of aliphatic hydroxyl groups is 1. The molecule has 2 atom stereocenters. The van der Waals surface area contributed by atoms with Gasteiger partial charge in [0.2, 0.25) is 0 Å². The predicted octanol–water partition coefficient (Wildman–Crippen LogP) is 2.59. The molecule has 2 rings (SSSR count). The molecule has 0 bridgehead atoms. The zero-order chi connectivity index (χ0) is 13.9. The number of nitrogens with zero attached hydrogens (tertiary/aromatic N) is 3. The average Bonchev–Trinajstić information content (AvgIpc) is 3.08. The molecule has 4 heteroatoms. The monoisotopic (exact) mass is 265 g/mol. The summed E-state index contributed by atoms with van der Waals surface area (Å²) in [5.74, 6) is 0.818. The van der Waals surface area contributed by atoms with Crippen molar-refractivity contribution in [2.45, 2.75) is 64.6 Å². The molecule has 1 N–H and O–H groups in total. The number of aromatic nitrogens is 2. The largest absolute Gasteiger partial charge is 0.383 e. The molecule has 1 aliphatic heterocycles. The molecular formula is C15H27N3O. The predicted molar refractivity (Wildman–Crippen MR) is 77.0 cm³/mol. The highest BCUT2D eigenvalue weighted by atomic mass is 16.3. The second-order valence-electron chi connectivity index (χ2n) is 5.79. The fourth-order valence-corrected chi connectivity index (χ4v) is 3.09. The zero-order valence-corrected chi connectivity index (χ0v) is 12.5. The minimum Gasteiger partial charge on any atom is -0.383 e. The maximum atomic E-state index is 10.9. The third-order valence-electron chi connectivity index (χ3n) is 4.59. The highest BCUT2D eigenvalue weighted by Gasteiger charge is 2.41. The van der Waals surface area contributed by atoms with Gasteiger partial charge in [-0.1, -0.05) is 13.8 Å². The van der Waals surface area contributed by atoms with Crippen LogP contribution in [0.5, 0.6) is 0 Å². The first-order valence-corrected chi connectivity index (χ1v) is 7.57. The summed E-state index contributed by atoms with van der Waals surface area (Å²) in [7, 11) is 0. The number of likely N-dealkylation sites (tertiary alicyclic amines) is 1. The van der Waals surface area contributed by atoms with Crippen LogP contribution in [-0.4, -0.2) is 38.2 Å². The molecule has 0 radical (unpaired) electrons. The van der Waals surface area contributed by atoms with Crippen LogP contribution in [0.1, 0.15) is 58.4 Å². The van der Waals surface area contributed by atoms with Gasteiger partial charge in [-0.05, 0) is 45.7 Å². The number of imidazole rings is 1. The van der Waals surface area contributed by atoms with Crippen molar-refractivity contribution in [1.29, 1.82) is 0 Å². The molecule has 1 aliphatic rings. The molecule has 1 aromatic heterocycles. The van der Waals surface area contributed by atoms with E-state index in [1.54, 1.807) is 6.20 Å². The number of hydrogen-bond donors (Lipinski definition) is 1. The van der Waals surface area contributed by atoms with Crippen molar-refractivity contribution in [3.8, 4) is 0 Å². The highest BCUT2D eigenvalue weighted by Crippen LogP contribution is 2.35. The van der Waals surface area contributed by atoms with Crippen molar-refractivity contribution in [3.63, 3.8) is 0 Å². The number of rotatable bonds is 6. The summed E-state index contributed by atoms with van der Waals surface area (Å²) in [6.07, 6.45) is 7.74. The van der Waals surface area contributed by atoms with E-state index in [1.807, 2.05) is 6.20 Å². The van der Waals surface area contributed by atoms with Crippen LogP contribution in [0.2, 0.25) is 0 Å². The van der Waals surface area contributed by atoms with Gasteiger partial charge in [-0.15, -0.1) is 0 Å². The summed E-state index contributed by atoms with van der Waals surface area (Å²) in [5.41, 5.74) is -0.201. The van der Waals surface area contributed by atoms with Gasteiger partial charge in [-0.2, -0.15) is 0 Å². The molecule has 0 aliphatic carbocycles. The molecular weight excluding hydrogens is 238 g/mol. The first kappa shape index (κ1) is 14.5. The maximum absolute atomic E-state index is 10.9. The third kappa shape index (κ3) is 2.70. The Morgan fingerprint density at radius 2 is 2.05 bits per heavy atom. The Kier molecular flexibility index (Phi) is 4.63. The Balaban J connectivity index is 2.23. The Bertz CT molecular complexity index is 398. The van der Waals surface area contributed by atoms with Gasteiger partial charge in [0.05, 0.1) is 5.54 Å². The van der Waals surface area contributed by atoms with Crippen LogP contribution in [0, 0.1) is 0 Å². The lowest BCUT2D eigenvalue weighted by molar-refractivity contribution is -0.0207. The van der Waals surface area contributed by atoms with Gasteiger partial charge in [0.15, 0.2) is 0 Å². The Hall–Kier alpha value is -0.870. The summed E-state index contributed by atoms with van der Waals surface area (Å²) in [6, 6.07) is 0. The van der Waals surface area contributed by atoms with E-state index in [1.165, 1.54) is 12.8 Å². The number of aliphatic hydroxyl groups excluding tert-OH is 1. The van der Waals surface area contributed by atoms with E-state index in [0.717, 1.165) is 38.3 Å². The molecule has 19 heavy (non-hydrogen) atoms. The van der Waals surface area contributed by atoms with Crippen molar-refractivity contribution in [2.75, 3.05) is 13.1 Å². The molecule has 2 heterocycles. The van der Waals surface area contributed by atoms with Crippen LogP contribution in [0.4, 0.5) is 0 Å². The molecule has 0 saturated carbocycles. The molecule has 4 nitrogen and oxygen atoms in total. The van der Waals surface area contributed by atoms with Gasteiger partial charge in [0.1, 0.15) is 11.9 Å². The third-order valence-corrected chi connectivity index (χ3v) is 4.59. The lowest BCUT2D eigenvalue weighted by atomic mass is 9.89. The van der Waals surface area contributed by atoms with Crippen molar-refractivity contribution < 1.29 is 5.11 Å². The van der Waals surface area contributed by atoms with E-state index in [-0.39, 0.29) is 5.54 Å². The first-order chi connectivity index (χ1) is 9.13. The summed E-state index contributed by atoms with van der Waals surface area (Å²) in [4.78, 5) is 6.84. The summed E-state index contributed by atoms with van der Waals surface area (Å²) < 4.78 is 2.09. The minimum absolute atomic E-state index is 0.201. The summed E-state index contributed by atoms with van der Waals surface area (Å²) in [5, 5.41) is 10.9. The smallest absolute Gasteiger partial charge is 0.139 e. The molecule has 1 fully saturated rings. The summed E-state index contributed by atoms with van der Waals surface area (Å²) >= 11 is 0. The molecule has 2 unspecified atom stereocenters. The molecule has 0 amide bonds. The van der Waals surface area contributed by atoms with E-state index in [0.29, 0.717) is 0 Å². The quantitative estimate of drug-likeness (QED) is 0.859. The van der Waals surface area contributed by atoms with Crippen molar-refractivity contribution in [1.82, 2.24) is 14.5 Å². The van der Waals surface area contributed by atoms with Crippen molar-refractivity contribution in [3.05, 3.63) is 18.2 Å². The number of aryl methyl sites for hydroxylation is 1. The van der Waals surface area contributed by atoms with Crippen LogP contribution >= 0.6 is 0 Å². The van der Waals surface area contributed by atoms with Crippen LogP contribution in [0.15, 0.2) is 12.4 Å². The van der Waals surface area contributed by atoms with Gasteiger partial charge in [-0.25, -0.2) is 4.98 Å². The van der Waals surface area contributed by atoms with E-state index >= 15 is 0 Å². The van der Waals surface area contributed by atoms with Gasteiger partial charge in [0, 0.05) is 18.9 Å². The van der Waals surface area contributed by atoms with Gasteiger partial charge in [0.25, 0.3) is 0 Å². The Labute approximate surface area is 116 Å². The van der Waals surface area contributed by atoms with Gasteiger partial charge in [-0.3, -0.25) is 4.90 Å². The molecule has 0 spiro atoms. The first-order valence-electron chi connectivity index (χ1n) is 7.57. The highest BCUT2D eigenvalue weighted by molar-refractivity contribution is 5.07. The van der Waals surface area contributed by atoms with Crippen LogP contribution in [-0.2, 0) is 6.54 Å². The van der Waals surface area contributed by atoms with E-state index in [2.05, 4.69) is 35.2 Å². The van der Waals surface area contributed by atoms with Crippen LogP contribution < -0.4 is 0 Å². The second-order valence-corrected chi connectivity index (χ2v) is 5.79.